The van der Waals surface area contributed by atoms with Crippen LogP contribution in [0.25, 0.3) is 11.1 Å². The quantitative estimate of drug-likeness (QED) is 0.735. The molecule has 4 rings (SSSR count). The van der Waals surface area contributed by atoms with Crippen LogP contribution in [0.4, 0.5) is 0 Å². The van der Waals surface area contributed by atoms with E-state index in [0.717, 1.165) is 39.6 Å². The minimum atomic E-state index is -3.69. The lowest BCUT2D eigenvalue weighted by atomic mass is 9.95. The fourth-order valence-electron chi connectivity index (χ4n) is 3.17. The molecule has 0 unspecified atom stereocenters. The maximum atomic E-state index is 11.5. The van der Waals surface area contributed by atoms with Gasteiger partial charge in [0.1, 0.15) is 0 Å². The highest BCUT2D eigenvalue weighted by molar-refractivity contribution is 9.10. The predicted molar refractivity (Wildman–Crippen MR) is 105 cm³/mol. The minimum absolute atomic E-state index is 0.119. The van der Waals surface area contributed by atoms with E-state index in [1.807, 2.05) is 18.2 Å². The fourth-order valence-corrected chi connectivity index (χ4v) is 4.11. The molecule has 25 heavy (non-hydrogen) atoms. The van der Waals surface area contributed by atoms with Crippen molar-refractivity contribution in [2.24, 2.45) is 10.6 Å². The Morgan fingerprint density at radius 3 is 2.04 bits per heavy atom. The van der Waals surface area contributed by atoms with E-state index in [4.69, 9.17) is 16.7 Å². The van der Waals surface area contributed by atoms with Gasteiger partial charge in [0.25, 0.3) is 0 Å². The molecule has 2 aliphatic carbocycles. The van der Waals surface area contributed by atoms with Crippen molar-refractivity contribution in [3.05, 3.63) is 75.2 Å². The van der Waals surface area contributed by atoms with E-state index in [-0.39, 0.29) is 10.3 Å². The zero-order valence-electron chi connectivity index (χ0n) is 13.2. The van der Waals surface area contributed by atoms with Crippen molar-refractivity contribution in [1.82, 2.24) is 0 Å². The molecule has 1 fully saturated rings. The number of sulfonamides is 1. The molecule has 2 aliphatic rings. The van der Waals surface area contributed by atoms with Gasteiger partial charge in [-0.15, -0.1) is 0 Å². The molecule has 0 heterocycles. The summed E-state index contributed by atoms with van der Waals surface area (Å²) in [6.45, 7) is 0. The molecule has 0 radical (unpaired) electrons. The van der Waals surface area contributed by atoms with Crippen molar-refractivity contribution < 1.29 is 8.42 Å². The summed E-state index contributed by atoms with van der Waals surface area (Å²) in [6.07, 6.45) is 6.86. The van der Waals surface area contributed by atoms with Crippen LogP contribution in [0.2, 0.25) is 5.02 Å². The molecule has 0 saturated heterocycles. The van der Waals surface area contributed by atoms with Crippen molar-refractivity contribution in [3.8, 4) is 0 Å². The van der Waals surface area contributed by atoms with Crippen LogP contribution in [0.3, 0.4) is 0 Å². The second kappa shape index (κ2) is 5.81. The second-order valence-corrected chi connectivity index (χ2v) is 9.37. The first-order valence-electron chi connectivity index (χ1n) is 7.82. The summed E-state index contributed by atoms with van der Waals surface area (Å²) < 4.78 is 23.8. The Labute approximate surface area is 160 Å². The average Bonchev–Trinajstić information content (AvgIpc) is 3.20. The average molecular weight is 437 g/mol. The monoisotopic (exact) mass is 435 g/mol. The van der Waals surface area contributed by atoms with Crippen molar-refractivity contribution in [1.29, 1.82) is 0 Å². The maximum absolute atomic E-state index is 11.5. The maximum Gasteiger partial charge on any atom is 0.238 e. The second-order valence-electron chi connectivity index (χ2n) is 6.55. The molecule has 0 aromatic heterocycles. The predicted octanol–water partition coefficient (Wildman–Crippen LogP) is 5.01. The molecular weight excluding hydrogens is 422 g/mol. The molecule has 0 amide bonds. The highest BCUT2D eigenvalue weighted by atomic mass is 79.9. The molecular formula is C19H15BrClNO2S. The van der Waals surface area contributed by atoms with E-state index in [1.54, 1.807) is 24.3 Å². The normalized spacial score (nSPS) is 18.2. The van der Waals surface area contributed by atoms with Crippen LogP contribution < -0.4 is 5.14 Å². The summed E-state index contributed by atoms with van der Waals surface area (Å²) in [4.78, 5) is 0.119. The standard InChI is InChI=1S/C19H15BrClNO2S/c20-17-6-3-13(9-18(17)21)16-11-19(7-8-19)10-15(16)12-1-4-14(5-2-12)25(22,23)24/h1-6,9-11H,7-8H2,(H2,22,23,24). The SMILES string of the molecule is NS(=O)(=O)c1ccc(C2=CC3(C=C2c2ccc(Br)c(Cl)c2)CC3)cc1. The molecule has 2 N–H and O–H groups in total. The molecule has 3 nitrogen and oxygen atoms in total. The Bertz CT molecular complexity index is 1040. The molecule has 0 atom stereocenters. The van der Waals surface area contributed by atoms with Crippen LogP contribution in [-0.4, -0.2) is 8.42 Å². The van der Waals surface area contributed by atoms with Gasteiger partial charge in [-0.3, -0.25) is 0 Å². The number of benzene rings is 2. The lowest BCUT2D eigenvalue weighted by molar-refractivity contribution is 0.598. The molecule has 2 aromatic rings. The van der Waals surface area contributed by atoms with Gasteiger partial charge in [0, 0.05) is 9.89 Å². The van der Waals surface area contributed by atoms with Gasteiger partial charge in [0.15, 0.2) is 0 Å². The molecule has 128 valence electrons. The number of hydrogen-bond acceptors (Lipinski definition) is 2. The van der Waals surface area contributed by atoms with Crippen LogP contribution in [-0.2, 0) is 10.0 Å². The first-order valence-corrected chi connectivity index (χ1v) is 10.5. The van der Waals surface area contributed by atoms with Gasteiger partial charge in [-0.2, -0.15) is 0 Å². The van der Waals surface area contributed by atoms with Crippen LogP contribution in [0, 0.1) is 5.41 Å². The third-order valence-corrected chi connectivity index (χ3v) is 6.87. The zero-order valence-corrected chi connectivity index (χ0v) is 16.3. The van der Waals surface area contributed by atoms with Gasteiger partial charge in [-0.05, 0) is 75.3 Å². The number of rotatable bonds is 3. The van der Waals surface area contributed by atoms with E-state index < -0.39 is 10.0 Å². The Balaban J connectivity index is 1.78. The third kappa shape index (κ3) is 3.22. The fraction of sp³-hybridized carbons (Fsp3) is 0.158. The third-order valence-electron chi connectivity index (χ3n) is 4.71. The number of allylic oxidation sites excluding steroid dienone is 4. The van der Waals surface area contributed by atoms with Crippen molar-refractivity contribution in [2.45, 2.75) is 17.7 Å². The summed E-state index contributed by atoms with van der Waals surface area (Å²) in [5, 5.41) is 5.86. The van der Waals surface area contributed by atoms with Crippen LogP contribution in [0.1, 0.15) is 24.0 Å². The Morgan fingerprint density at radius 2 is 1.52 bits per heavy atom. The van der Waals surface area contributed by atoms with Crippen LogP contribution >= 0.6 is 27.5 Å². The topological polar surface area (TPSA) is 60.2 Å². The van der Waals surface area contributed by atoms with Crippen molar-refractivity contribution in [2.75, 3.05) is 0 Å². The molecule has 1 spiro atoms. The lowest BCUT2D eigenvalue weighted by Gasteiger charge is -2.11. The largest absolute Gasteiger partial charge is 0.238 e. The number of hydrogen-bond donors (Lipinski definition) is 1. The van der Waals surface area contributed by atoms with Crippen molar-refractivity contribution in [3.63, 3.8) is 0 Å². The Kier molecular flexibility index (Phi) is 3.96. The lowest BCUT2D eigenvalue weighted by Crippen LogP contribution is -2.11. The summed E-state index contributed by atoms with van der Waals surface area (Å²) >= 11 is 9.69. The van der Waals surface area contributed by atoms with Crippen molar-refractivity contribution >= 4 is 48.7 Å². The summed E-state index contributed by atoms with van der Waals surface area (Å²) in [5.41, 5.74) is 4.41. The summed E-state index contributed by atoms with van der Waals surface area (Å²) in [5.74, 6) is 0. The molecule has 0 bridgehead atoms. The van der Waals surface area contributed by atoms with E-state index in [2.05, 4.69) is 28.1 Å². The number of nitrogens with two attached hydrogens (primary N) is 1. The van der Waals surface area contributed by atoms with E-state index >= 15 is 0 Å². The summed E-state index contributed by atoms with van der Waals surface area (Å²) in [6, 6.07) is 12.6. The van der Waals surface area contributed by atoms with Gasteiger partial charge < -0.3 is 0 Å². The Morgan fingerprint density at radius 1 is 0.960 bits per heavy atom. The first-order chi connectivity index (χ1) is 11.8. The molecule has 0 aliphatic heterocycles. The van der Waals surface area contributed by atoms with Gasteiger partial charge >= 0.3 is 0 Å². The van der Waals surface area contributed by atoms with E-state index in [0.29, 0.717) is 5.02 Å². The minimum Gasteiger partial charge on any atom is -0.225 e. The van der Waals surface area contributed by atoms with Gasteiger partial charge in [-0.1, -0.05) is 42.0 Å². The smallest absolute Gasteiger partial charge is 0.225 e. The first kappa shape index (κ1) is 17.0. The summed E-state index contributed by atoms with van der Waals surface area (Å²) in [7, 11) is -3.69. The van der Waals surface area contributed by atoms with E-state index in [1.165, 1.54) is 0 Å². The molecule has 2 aromatic carbocycles. The van der Waals surface area contributed by atoms with Gasteiger partial charge in [-0.25, -0.2) is 13.6 Å². The number of halogens is 2. The van der Waals surface area contributed by atoms with Gasteiger partial charge in [0.2, 0.25) is 10.0 Å². The molecule has 1 saturated carbocycles. The van der Waals surface area contributed by atoms with Crippen LogP contribution in [0.15, 0.2) is 64.0 Å². The molecule has 6 heteroatoms. The Hall–Kier alpha value is -1.40. The van der Waals surface area contributed by atoms with E-state index in [9.17, 15) is 8.42 Å². The highest BCUT2D eigenvalue weighted by Gasteiger charge is 2.43. The number of primary sulfonamides is 1. The highest BCUT2D eigenvalue weighted by Crippen LogP contribution is 2.57. The zero-order chi connectivity index (χ0) is 17.8. The van der Waals surface area contributed by atoms with Crippen LogP contribution in [0.5, 0.6) is 0 Å². The van der Waals surface area contributed by atoms with Gasteiger partial charge in [0.05, 0.1) is 9.92 Å².